The zero-order valence-corrected chi connectivity index (χ0v) is 11.6. The van der Waals surface area contributed by atoms with Crippen molar-refractivity contribution in [3.05, 3.63) is 46.1 Å². The maximum absolute atomic E-state index is 12.0. The van der Waals surface area contributed by atoms with Gasteiger partial charge in [-0.15, -0.1) is 10.2 Å². The molecule has 1 N–H and O–H groups in total. The second kappa shape index (κ2) is 6.04. The quantitative estimate of drug-likeness (QED) is 0.942. The van der Waals surface area contributed by atoms with Crippen LogP contribution in [0.25, 0.3) is 0 Å². The highest BCUT2D eigenvalue weighted by molar-refractivity contribution is 6.34. The lowest BCUT2D eigenvalue weighted by Gasteiger charge is -2.12. The van der Waals surface area contributed by atoms with Gasteiger partial charge in [0.1, 0.15) is 5.76 Å². The maximum atomic E-state index is 12.0. The average molecular weight is 300 g/mol. The predicted octanol–water partition coefficient (Wildman–Crippen LogP) is 2.74. The second-order valence-electron chi connectivity index (χ2n) is 4.03. The molecule has 19 heavy (non-hydrogen) atoms. The maximum Gasteiger partial charge on any atom is 0.254 e. The molecule has 1 atom stereocenters. The van der Waals surface area contributed by atoms with Crippen LogP contribution in [0.4, 0.5) is 0 Å². The lowest BCUT2D eigenvalue weighted by Crippen LogP contribution is -2.34. The minimum absolute atomic E-state index is 0.0205. The standard InChI is InChI=1S/C12H11Cl2N3O2/c1-7(5-8-3-2-4-19-8)15-12(18)9-6-10(13)16-17-11(9)14/h2-4,6-7H,5H2,1H3,(H,15,18). The minimum atomic E-state index is -0.346. The molecule has 2 aromatic rings. The van der Waals surface area contributed by atoms with E-state index in [1.165, 1.54) is 6.07 Å². The van der Waals surface area contributed by atoms with Crippen LogP contribution in [0.15, 0.2) is 28.9 Å². The van der Waals surface area contributed by atoms with E-state index in [4.69, 9.17) is 27.6 Å². The molecular formula is C12H11Cl2N3O2. The fraction of sp³-hybridized carbons (Fsp3) is 0.250. The molecule has 1 unspecified atom stereocenters. The van der Waals surface area contributed by atoms with Gasteiger partial charge >= 0.3 is 0 Å². The van der Waals surface area contributed by atoms with Crippen LogP contribution < -0.4 is 5.32 Å². The fourth-order valence-corrected chi connectivity index (χ4v) is 1.92. The molecule has 0 radical (unpaired) electrons. The Hall–Kier alpha value is -1.59. The van der Waals surface area contributed by atoms with Crippen LogP contribution >= 0.6 is 23.2 Å². The molecule has 0 bridgehead atoms. The molecule has 2 aromatic heterocycles. The molecule has 5 nitrogen and oxygen atoms in total. The lowest BCUT2D eigenvalue weighted by atomic mass is 10.2. The third-order valence-electron chi connectivity index (χ3n) is 2.43. The van der Waals surface area contributed by atoms with E-state index in [0.717, 1.165) is 5.76 Å². The Morgan fingerprint density at radius 2 is 2.26 bits per heavy atom. The summed E-state index contributed by atoms with van der Waals surface area (Å²) in [6.07, 6.45) is 2.18. The molecule has 7 heteroatoms. The first-order valence-corrected chi connectivity index (χ1v) is 6.34. The van der Waals surface area contributed by atoms with E-state index in [0.29, 0.717) is 6.42 Å². The lowest BCUT2D eigenvalue weighted by molar-refractivity contribution is 0.0939. The van der Waals surface area contributed by atoms with E-state index in [-0.39, 0.29) is 27.8 Å². The Morgan fingerprint density at radius 3 is 2.95 bits per heavy atom. The predicted molar refractivity (Wildman–Crippen MR) is 71.4 cm³/mol. The van der Waals surface area contributed by atoms with Gasteiger partial charge in [0.05, 0.1) is 11.8 Å². The van der Waals surface area contributed by atoms with E-state index in [1.807, 2.05) is 13.0 Å². The molecule has 1 amide bonds. The Bertz CT molecular complexity index is 572. The molecule has 2 heterocycles. The fourth-order valence-electron chi connectivity index (χ4n) is 1.60. The molecule has 2 rings (SSSR count). The van der Waals surface area contributed by atoms with Crippen molar-refractivity contribution in [3.8, 4) is 0 Å². The summed E-state index contributed by atoms with van der Waals surface area (Å²) in [4.78, 5) is 12.0. The number of nitrogens with one attached hydrogen (secondary N) is 1. The number of hydrogen-bond donors (Lipinski definition) is 1. The van der Waals surface area contributed by atoms with Gasteiger partial charge in [0, 0.05) is 12.5 Å². The zero-order chi connectivity index (χ0) is 13.8. The highest BCUT2D eigenvalue weighted by Gasteiger charge is 2.16. The third kappa shape index (κ3) is 3.68. The van der Waals surface area contributed by atoms with Gasteiger partial charge in [0.25, 0.3) is 5.91 Å². The molecule has 0 saturated heterocycles. The van der Waals surface area contributed by atoms with Crippen LogP contribution in [-0.2, 0) is 6.42 Å². The highest BCUT2D eigenvalue weighted by atomic mass is 35.5. The largest absolute Gasteiger partial charge is 0.469 e. The molecular weight excluding hydrogens is 289 g/mol. The van der Waals surface area contributed by atoms with Gasteiger partial charge < -0.3 is 9.73 Å². The van der Waals surface area contributed by atoms with Gasteiger partial charge in [-0.3, -0.25) is 4.79 Å². The van der Waals surface area contributed by atoms with Crippen LogP contribution in [0.2, 0.25) is 10.3 Å². The third-order valence-corrected chi connectivity index (χ3v) is 2.89. The van der Waals surface area contributed by atoms with E-state index in [9.17, 15) is 4.79 Å². The second-order valence-corrected chi connectivity index (χ2v) is 4.77. The van der Waals surface area contributed by atoms with Crippen molar-refractivity contribution in [1.82, 2.24) is 15.5 Å². The number of amides is 1. The molecule has 0 fully saturated rings. The van der Waals surface area contributed by atoms with E-state index in [2.05, 4.69) is 15.5 Å². The topological polar surface area (TPSA) is 68.0 Å². The Labute approximate surface area is 119 Å². The first-order valence-electron chi connectivity index (χ1n) is 5.58. The molecule has 0 aromatic carbocycles. The number of halogens is 2. The van der Waals surface area contributed by atoms with Gasteiger partial charge in [-0.05, 0) is 25.1 Å². The van der Waals surface area contributed by atoms with Gasteiger partial charge in [0.2, 0.25) is 0 Å². The minimum Gasteiger partial charge on any atom is -0.469 e. The van der Waals surface area contributed by atoms with Crippen LogP contribution in [0, 0.1) is 0 Å². The monoisotopic (exact) mass is 299 g/mol. The summed E-state index contributed by atoms with van der Waals surface area (Å²) in [5.74, 6) is 0.450. The van der Waals surface area contributed by atoms with Crippen molar-refractivity contribution in [2.45, 2.75) is 19.4 Å². The first kappa shape index (κ1) is 13.8. The average Bonchev–Trinajstić information content (AvgIpc) is 2.84. The van der Waals surface area contributed by atoms with Gasteiger partial charge in [0.15, 0.2) is 10.3 Å². The first-order chi connectivity index (χ1) is 9.06. The summed E-state index contributed by atoms with van der Waals surface area (Å²) in [5.41, 5.74) is 0.202. The van der Waals surface area contributed by atoms with E-state index in [1.54, 1.807) is 12.3 Å². The SMILES string of the molecule is CC(Cc1ccco1)NC(=O)c1cc(Cl)nnc1Cl. The van der Waals surface area contributed by atoms with Crippen LogP contribution in [0.5, 0.6) is 0 Å². The van der Waals surface area contributed by atoms with Gasteiger partial charge in [-0.25, -0.2) is 0 Å². The van der Waals surface area contributed by atoms with Crippen LogP contribution in [-0.4, -0.2) is 22.1 Å². The summed E-state index contributed by atoms with van der Waals surface area (Å²) < 4.78 is 5.21. The van der Waals surface area contributed by atoms with Crippen LogP contribution in [0.3, 0.4) is 0 Å². The van der Waals surface area contributed by atoms with E-state index < -0.39 is 0 Å². The van der Waals surface area contributed by atoms with Gasteiger partial charge in [-0.1, -0.05) is 23.2 Å². The number of carbonyl (C=O) groups is 1. The van der Waals surface area contributed by atoms with E-state index >= 15 is 0 Å². The Morgan fingerprint density at radius 1 is 1.47 bits per heavy atom. The number of furan rings is 1. The number of nitrogens with zero attached hydrogens (tertiary/aromatic N) is 2. The molecule has 0 aliphatic carbocycles. The molecule has 0 saturated carbocycles. The smallest absolute Gasteiger partial charge is 0.254 e. The number of aromatic nitrogens is 2. The number of hydrogen-bond acceptors (Lipinski definition) is 4. The summed E-state index contributed by atoms with van der Waals surface area (Å²) in [6, 6.07) is 4.92. The number of carbonyl (C=O) groups excluding carboxylic acids is 1. The molecule has 0 spiro atoms. The summed E-state index contributed by atoms with van der Waals surface area (Å²) in [5, 5.41) is 10.1. The van der Waals surface area contributed by atoms with Crippen molar-refractivity contribution in [1.29, 1.82) is 0 Å². The summed E-state index contributed by atoms with van der Waals surface area (Å²) in [7, 11) is 0. The normalized spacial score (nSPS) is 12.2. The Kier molecular flexibility index (Phi) is 4.39. The summed E-state index contributed by atoms with van der Waals surface area (Å²) in [6.45, 7) is 1.87. The van der Waals surface area contributed by atoms with Gasteiger partial charge in [-0.2, -0.15) is 0 Å². The molecule has 100 valence electrons. The molecule has 0 aliphatic heterocycles. The van der Waals surface area contributed by atoms with Crippen molar-refractivity contribution in [2.75, 3.05) is 0 Å². The van der Waals surface area contributed by atoms with Crippen LogP contribution in [0.1, 0.15) is 23.0 Å². The van der Waals surface area contributed by atoms with Crippen molar-refractivity contribution >= 4 is 29.1 Å². The van der Waals surface area contributed by atoms with Crippen molar-refractivity contribution in [2.24, 2.45) is 0 Å². The zero-order valence-electron chi connectivity index (χ0n) is 10.1. The van der Waals surface area contributed by atoms with Crippen molar-refractivity contribution in [3.63, 3.8) is 0 Å². The number of rotatable bonds is 4. The molecule has 0 aliphatic rings. The Balaban J connectivity index is 2.02. The summed E-state index contributed by atoms with van der Waals surface area (Å²) >= 11 is 11.5. The highest BCUT2D eigenvalue weighted by Crippen LogP contribution is 2.15. The van der Waals surface area contributed by atoms with Crippen molar-refractivity contribution < 1.29 is 9.21 Å².